The first kappa shape index (κ1) is 17.0. The second-order valence-electron chi connectivity index (χ2n) is 6.56. The number of rotatable bonds is 4. The number of amides is 3. The summed E-state index contributed by atoms with van der Waals surface area (Å²) in [6.07, 6.45) is 0.457. The molecule has 2 aromatic carbocycles. The van der Waals surface area contributed by atoms with Crippen molar-refractivity contribution in [2.24, 2.45) is 5.92 Å². The number of hydrogen-bond acceptors (Lipinski definition) is 2. The Bertz CT molecular complexity index is 771. The van der Waals surface area contributed by atoms with Gasteiger partial charge in [0.05, 0.1) is 0 Å². The number of para-hydroxylation sites is 1. The third-order valence-electron chi connectivity index (χ3n) is 4.50. The molecule has 3 amide bonds. The molecular weight excluding hydrogens is 314 g/mol. The van der Waals surface area contributed by atoms with E-state index in [1.807, 2.05) is 62.4 Å². The molecule has 3 rings (SSSR count). The van der Waals surface area contributed by atoms with E-state index in [1.165, 1.54) is 5.56 Å². The van der Waals surface area contributed by atoms with Crippen LogP contribution >= 0.6 is 0 Å². The average molecular weight is 337 g/mol. The highest BCUT2D eigenvalue weighted by atomic mass is 16.2. The molecule has 0 spiro atoms. The molecule has 1 aliphatic rings. The summed E-state index contributed by atoms with van der Waals surface area (Å²) in [4.78, 5) is 26.1. The third-order valence-corrected chi connectivity index (χ3v) is 4.50. The summed E-state index contributed by atoms with van der Waals surface area (Å²) in [5, 5.41) is 5.72. The van der Waals surface area contributed by atoms with Crippen LogP contribution in [-0.2, 0) is 4.79 Å². The molecule has 1 aliphatic heterocycles. The van der Waals surface area contributed by atoms with Crippen molar-refractivity contribution in [2.45, 2.75) is 20.3 Å². The number of nitrogens with zero attached hydrogens (tertiary/aromatic N) is 1. The maximum Gasteiger partial charge on any atom is 0.319 e. The van der Waals surface area contributed by atoms with Crippen molar-refractivity contribution in [2.75, 3.05) is 23.3 Å². The smallest absolute Gasteiger partial charge is 0.319 e. The molecule has 1 saturated heterocycles. The highest BCUT2D eigenvalue weighted by molar-refractivity contribution is 5.96. The lowest BCUT2D eigenvalue weighted by Gasteiger charge is -2.17. The second kappa shape index (κ2) is 7.38. The first-order valence-electron chi connectivity index (χ1n) is 8.50. The number of aryl methyl sites for hydroxylation is 2. The van der Waals surface area contributed by atoms with Crippen LogP contribution < -0.4 is 15.5 Å². The Morgan fingerprint density at radius 1 is 1.12 bits per heavy atom. The van der Waals surface area contributed by atoms with Crippen molar-refractivity contribution in [1.29, 1.82) is 0 Å². The number of anilines is 2. The predicted molar refractivity (Wildman–Crippen MR) is 99.8 cm³/mol. The normalized spacial score (nSPS) is 16.8. The molecule has 0 aromatic heterocycles. The molecule has 25 heavy (non-hydrogen) atoms. The molecule has 5 heteroatoms. The number of carbonyl (C=O) groups is 2. The second-order valence-corrected chi connectivity index (χ2v) is 6.56. The van der Waals surface area contributed by atoms with Gasteiger partial charge in [-0.3, -0.25) is 4.79 Å². The standard InChI is InChI=1S/C20H23N3O2/c1-14-7-9-17(10-8-14)23-13-16(11-19(23)24)12-21-20(25)22-18-6-4-3-5-15(18)2/h3-10,16H,11-13H2,1-2H3,(H2,21,22,25). The van der Waals surface area contributed by atoms with Crippen LogP contribution in [-0.4, -0.2) is 25.0 Å². The van der Waals surface area contributed by atoms with E-state index in [4.69, 9.17) is 0 Å². The molecule has 1 fully saturated rings. The van der Waals surface area contributed by atoms with E-state index in [2.05, 4.69) is 10.6 Å². The maximum absolute atomic E-state index is 12.2. The molecule has 130 valence electrons. The molecule has 2 N–H and O–H groups in total. The maximum atomic E-state index is 12.2. The molecule has 0 aliphatic carbocycles. The average Bonchev–Trinajstić information content (AvgIpc) is 2.97. The third kappa shape index (κ3) is 4.18. The highest BCUT2D eigenvalue weighted by Gasteiger charge is 2.30. The van der Waals surface area contributed by atoms with Gasteiger partial charge in [-0.05, 0) is 37.6 Å². The lowest BCUT2D eigenvalue weighted by atomic mass is 10.1. The summed E-state index contributed by atoms with van der Waals surface area (Å²) in [6.45, 7) is 5.08. The van der Waals surface area contributed by atoms with E-state index in [0.717, 1.165) is 16.9 Å². The van der Waals surface area contributed by atoms with Gasteiger partial charge in [0, 0.05) is 36.8 Å². The van der Waals surface area contributed by atoms with Crippen molar-refractivity contribution >= 4 is 23.3 Å². The van der Waals surface area contributed by atoms with Crippen LogP contribution in [0.1, 0.15) is 17.5 Å². The van der Waals surface area contributed by atoms with Gasteiger partial charge >= 0.3 is 6.03 Å². The molecule has 2 aromatic rings. The van der Waals surface area contributed by atoms with E-state index < -0.39 is 0 Å². The minimum absolute atomic E-state index is 0.106. The van der Waals surface area contributed by atoms with E-state index in [-0.39, 0.29) is 17.9 Å². The first-order valence-corrected chi connectivity index (χ1v) is 8.50. The number of nitrogens with one attached hydrogen (secondary N) is 2. The summed E-state index contributed by atoms with van der Waals surface area (Å²) in [7, 11) is 0. The Kier molecular flexibility index (Phi) is 5.03. The molecule has 1 heterocycles. The van der Waals surface area contributed by atoms with Crippen molar-refractivity contribution in [3.63, 3.8) is 0 Å². The lowest BCUT2D eigenvalue weighted by molar-refractivity contribution is -0.117. The van der Waals surface area contributed by atoms with Gasteiger partial charge in [0.1, 0.15) is 0 Å². The van der Waals surface area contributed by atoms with Gasteiger partial charge in [0.15, 0.2) is 0 Å². The SMILES string of the molecule is Cc1ccc(N2CC(CNC(=O)Nc3ccccc3C)CC2=O)cc1. The Hall–Kier alpha value is -2.82. The van der Waals surface area contributed by atoms with E-state index in [1.54, 1.807) is 4.90 Å². The largest absolute Gasteiger partial charge is 0.338 e. The fourth-order valence-electron chi connectivity index (χ4n) is 3.01. The van der Waals surface area contributed by atoms with Crippen LogP contribution in [0.3, 0.4) is 0 Å². The fourth-order valence-corrected chi connectivity index (χ4v) is 3.01. The van der Waals surface area contributed by atoms with Crippen molar-refractivity contribution in [3.05, 3.63) is 59.7 Å². The van der Waals surface area contributed by atoms with E-state index >= 15 is 0 Å². The summed E-state index contributed by atoms with van der Waals surface area (Å²) >= 11 is 0. The predicted octanol–water partition coefficient (Wildman–Crippen LogP) is 3.48. The van der Waals surface area contributed by atoms with Gasteiger partial charge in [-0.15, -0.1) is 0 Å². The Morgan fingerprint density at radius 3 is 2.56 bits per heavy atom. The van der Waals surface area contributed by atoms with Gasteiger partial charge in [-0.25, -0.2) is 4.79 Å². The zero-order valence-corrected chi connectivity index (χ0v) is 14.6. The van der Waals surface area contributed by atoms with Crippen molar-refractivity contribution < 1.29 is 9.59 Å². The molecule has 1 atom stereocenters. The van der Waals surface area contributed by atoms with Crippen LogP contribution in [0, 0.1) is 19.8 Å². The van der Waals surface area contributed by atoms with Crippen LogP contribution in [0.4, 0.5) is 16.2 Å². The van der Waals surface area contributed by atoms with Crippen LogP contribution in [0.5, 0.6) is 0 Å². The minimum Gasteiger partial charge on any atom is -0.338 e. The number of benzene rings is 2. The Labute approximate surface area is 148 Å². The van der Waals surface area contributed by atoms with Gasteiger partial charge in [0.25, 0.3) is 0 Å². The summed E-state index contributed by atoms with van der Waals surface area (Å²) in [5.41, 5.74) is 3.90. The summed E-state index contributed by atoms with van der Waals surface area (Å²) in [5.74, 6) is 0.228. The molecule has 0 bridgehead atoms. The number of urea groups is 1. The number of hydrogen-bond donors (Lipinski definition) is 2. The van der Waals surface area contributed by atoms with Gasteiger partial charge in [-0.1, -0.05) is 35.9 Å². The zero-order chi connectivity index (χ0) is 17.8. The molecule has 1 unspecified atom stereocenters. The summed E-state index contributed by atoms with van der Waals surface area (Å²) < 4.78 is 0. The Morgan fingerprint density at radius 2 is 1.84 bits per heavy atom. The zero-order valence-electron chi connectivity index (χ0n) is 14.6. The highest BCUT2D eigenvalue weighted by Crippen LogP contribution is 2.25. The molecule has 0 radical (unpaired) electrons. The van der Waals surface area contributed by atoms with E-state index in [9.17, 15) is 9.59 Å². The molecular formula is C20H23N3O2. The van der Waals surface area contributed by atoms with Crippen molar-refractivity contribution in [3.8, 4) is 0 Å². The van der Waals surface area contributed by atoms with Gasteiger partial charge in [-0.2, -0.15) is 0 Å². The van der Waals surface area contributed by atoms with Gasteiger partial charge in [0.2, 0.25) is 5.91 Å². The Balaban J connectivity index is 1.52. The van der Waals surface area contributed by atoms with Gasteiger partial charge < -0.3 is 15.5 Å². The molecule has 5 nitrogen and oxygen atoms in total. The first-order chi connectivity index (χ1) is 12.0. The lowest BCUT2D eigenvalue weighted by Crippen LogP contribution is -2.34. The van der Waals surface area contributed by atoms with E-state index in [0.29, 0.717) is 19.5 Å². The van der Waals surface area contributed by atoms with Crippen LogP contribution in [0.2, 0.25) is 0 Å². The monoisotopic (exact) mass is 337 g/mol. The quantitative estimate of drug-likeness (QED) is 0.897. The minimum atomic E-state index is -0.240. The van der Waals surface area contributed by atoms with Crippen LogP contribution in [0.15, 0.2) is 48.5 Å². The summed E-state index contributed by atoms with van der Waals surface area (Å²) in [6, 6.07) is 15.3. The molecule has 0 saturated carbocycles. The van der Waals surface area contributed by atoms with Crippen LogP contribution in [0.25, 0.3) is 0 Å². The number of carbonyl (C=O) groups excluding carboxylic acids is 2. The van der Waals surface area contributed by atoms with Crippen molar-refractivity contribution in [1.82, 2.24) is 5.32 Å². The topological polar surface area (TPSA) is 61.4 Å². The fraction of sp³-hybridized carbons (Fsp3) is 0.300.